The lowest BCUT2D eigenvalue weighted by Gasteiger charge is -2.23. The Labute approximate surface area is 153 Å². The number of carboxylic acid groups (broad SMARTS) is 1. The number of carbonyl (C=O) groups excluding carboxylic acids is 3. The molecule has 0 aromatic heterocycles. The van der Waals surface area contributed by atoms with E-state index in [-0.39, 0.29) is 12.3 Å². The molecule has 10 heteroatoms. The van der Waals surface area contributed by atoms with Crippen LogP contribution in [0, 0.1) is 5.92 Å². The lowest BCUT2D eigenvalue weighted by Crippen LogP contribution is -2.55. The molecule has 0 spiro atoms. The normalized spacial score (nSPS) is 14.3. The molecule has 0 aliphatic carbocycles. The molecule has 0 aromatic carbocycles. The fraction of sp³-hybridized carbons (Fsp3) is 0.750. The quantitative estimate of drug-likeness (QED) is 0.210. The van der Waals surface area contributed by atoms with E-state index in [2.05, 4.69) is 10.6 Å². The molecule has 0 rings (SSSR count). The highest BCUT2D eigenvalue weighted by atomic mass is 16.4. The zero-order valence-electron chi connectivity index (χ0n) is 15.4. The van der Waals surface area contributed by atoms with Crippen molar-refractivity contribution in [2.45, 2.75) is 64.1 Å². The molecule has 0 aromatic rings. The number of hydrogen-bond donors (Lipinski definition) is 6. The van der Waals surface area contributed by atoms with E-state index in [1.807, 2.05) is 13.8 Å². The first-order valence-electron chi connectivity index (χ1n) is 8.65. The van der Waals surface area contributed by atoms with Gasteiger partial charge in [-0.15, -0.1) is 0 Å². The van der Waals surface area contributed by atoms with Gasteiger partial charge in [0.2, 0.25) is 17.7 Å². The summed E-state index contributed by atoms with van der Waals surface area (Å²) in [5.74, 6) is -3.38. The van der Waals surface area contributed by atoms with Gasteiger partial charge in [-0.3, -0.25) is 14.4 Å². The van der Waals surface area contributed by atoms with Crippen molar-refractivity contribution in [2.24, 2.45) is 23.1 Å². The molecule has 0 radical (unpaired) electrons. The van der Waals surface area contributed by atoms with Crippen molar-refractivity contribution in [1.82, 2.24) is 10.6 Å². The first kappa shape index (κ1) is 23.8. The van der Waals surface area contributed by atoms with E-state index in [9.17, 15) is 19.2 Å². The molecule has 10 nitrogen and oxygen atoms in total. The summed E-state index contributed by atoms with van der Waals surface area (Å²) in [6, 6.07) is -3.20. The van der Waals surface area contributed by atoms with Crippen LogP contribution in [0.3, 0.4) is 0 Å². The number of nitrogens with one attached hydrogen (secondary N) is 2. The zero-order valence-corrected chi connectivity index (χ0v) is 15.4. The van der Waals surface area contributed by atoms with Crippen LogP contribution in [0.2, 0.25) is 0 Å². The van der Waals surface area contributed by atoms with E-state index >= 15 is 0 Å². The van der Waals surface area contributed by atoms with Crippen molar-refractivity contribution in [3.8, 4) is 0 Å². The number of carboxylic acids is 1. The SMILES string of the molecule is CC(C)CC(NC(=O)C(N)CCCCN)C(=O)NC(CC(N)=O)C(=O)O. The molecule has 0 aliphatic rings. The van der Waals surface area contributed by atoms with Gasteiger partial charge in [-0.05, 0) is 31.7 Å². The average molecular weight is 373 g/mol. The van der Waals surface area contributed by atoms with Gasteiger partial charge in [0.15, 0.2) is 0 Å². The largest absolute Gasteiger partial charge is 0.480 e. The summed E-state index contributed by atoms with van der Waals surface area (Å²) in [6.45, 7) is 4.21. The Morgan fingerprint density at radius 2 is 1.58 bits per heavy atom. The van der Waals surface area contributed by atoms with Gasteiger partial charge in [0.05, 0.1) is 12.5 Å². The maximum Gasteiger partial charge on any atom is 0.326 e. The van der Waals surface area contributed by atoms with E-state index < -0.39 is 48.2 Å². The van der Waals surface area contributed by atoms with Crippen molar-refractivity contribution in [3.05, 3.63) is 0 Å². The maximum absolute atomic E-state index is 12.4. The summed E-state index contributed by atoms with van der Waals surface area (Å²) in [6.07, 6.45) is 1.60. The van der Waals surface area contributed by atoms with Crippen molar-refractivity contribution in [3.63, 3.8) is 0 Å². The van der Waals surface area contributed by atoms with Gasteiger partial charge in [-0.1, -0.05) is 20.3 Å². The minimum atomic E-state index is -1.45. The van der Waals surface area contributed by atoms with Crippen molar-refractivity contribution in [1.29, 1.82) is 0 Å². The van der Waals surface area contributed by atoms with Gasteiger partial charge in [0.25, 0.3) is 0 Å². The van der Waals surface area contributed by atoms with Gasteiger partial charge < -0.3 is 32.9 Å². The summed E-state index contributed by atoms with van der Waals surface area (Å²) in [4.78, 5) is 46.7. The highest BCUT2D eigenvalue weighted by Gasteiger charge is 2.29. The molecule has 0 fully saturated rings. The van der Waals surface area contributed by atoms with Crippen LogP contribution in [0.25, 0.3) is 0 Å². The fourth-order valence-electron chi connectivity index (χ4n) is 2.29. The van der Waals surface area contributed by atoms with Crippen LogP contribution in [0.5, 0.6) is 0 Å². The second kappa shape index (κ2) is 12.2. The minimum absolute atomic E-state index is 0.0546. The topological polar surface area (TPSA) is 191 Å². The number of rotatable bonds is 13. The molecular formula is C16H31N5O5. The Bertz CT molecular complexity index is 497. The molecule has 0 heterocycles. The summed E-state index contributed by atoms with van der Waals surface area (Å²) in [5, 5.41) is 13.9. The Balaban J connectivity index is 4.94. The lowest BCUT2D eigenvalue weighted by atomic mass is 10.0. The molecule has 3 unspecified atom stereocenters. The summed E-state index contributed by atoms with van der Waals surface area (Å²) >= 11 is 0. The number of amides is 3. The maximum atomic E-state index is 12.4. The van der Waals surface area contributed by atoms with E-state index in [1.54, 1.807) is 0 Å². The number of nitrogens with two attached hydrogens (primary N) is 3. The third kappa shape index (κ3) is 9.94. The lowest BCUT2D eigenvalue weighted by molar-refractivity contribution is -0.143. The van der Waals surface area contributed by atoms with E-state index in [0.717, 1.165) is 6.42 Å². The van der Waals surface area contributed by atoms with E-state index in [4.69, 9.17) is 22.3 Å². The molecule has 0 saturated carbocycles. The number of unbranched alkanes of at least 4 members (excludes halogenated alkanes) is 1. The van der Waals surface area contributed by atoms with Crippen molar-refractivity contribution >= 4 is 23.7 Å². The summed E-state index contributed by atoms with van der Waals surface area (Å²) < 4.78 is 0. The third-order valence-corrected chi connectivity index (χ3v) is 3.67. The monoisotopic (exact) mass is 373 g/mol. The number of aliphatic carboxylic acids is 1. The van der Waals surface area contributed by atoms with Crippen molar-refractivity contribution in [2.75, 3.05) is 6.54 Å². The minimum Gasteiger partial charge on any atom is -0.480 e. The van der Waals surface area contributed by atoms with Crippen LogP contribution >= 0.6 is 0 Å². The molecule has 150 valence electrons. The third-order valence-electron chi connectivity index (χ3n) is 3.67. The smallest absolute Gasteiger partial charge is 0.326 e. The number of primary amides is 1. The second-order valence-electron chi connectivity index (χ2n) is 6.65. The molecule has 0 aliphatic heterocycles. The Morgan fingerprint density at radius 1 is 1.00 bits per heavy atom. The van der Waals surface area contributed by atoms with Gasteiger partial charge in [-0.25, -0.2) is 4.79 Å². The number of hydrogen-bond acceptors (Lipinski definition) is 6. The van der Waals surface area contributed by atoms with Gasteiger partial charge in [-0.2, -0.15) is 0 Å². The fourth-order valence-corrected chi connectivity index (χ4v) is 2.29. The van der Waals surface area contributed by atoms with Crippen LogP contribution < -0.4 is 27.8 Å². The molecule has 0 saturated heterocycles. The average Bonchev–Trinajstić information content (AvgIpc) is 2.52. The van der Waals surface area contributed by atoms with Crippen LogP contribution in [0.4, 0.5) is 0 Å². The van der Waals surface area contributed by atoms with Gasteiger partial charge in [0.1, 0.15) is 12.1 Å². The summed E-state index contributed by atoms with van der Waals surface area (Å²) in [5.41, 5.74) is 16.2. The second-order valence-corrected chi connectivity index (χ2v) is 6.65. The number of carbonyl (C=O) groups is 4. The zero-order chi connectivity index (χ0) is 20.3. The van der Waals surface area contributed by atoms with Crippen molar-refractivity contribution < 1.29 is 24.3 Å². The van der Waals surface area contributed by atoms with Crippen LogP contribution in [0.15, 0.2) is 0 Å². The molecule has 3 amide bonds. The standard InChI is InChI=1S/C16H31N5O5/c1-9(2)7-11(20-14(23)10(18)5-3-4-6-17)15(24)21-12(16(25)26)8-13(19)22/h9-12H,3-8,17-18H2,1-2H3,(H2,19,22)(H,20,23)(H,21,24)(H,25,26). The van der Waals surface area contributed by atoms with Gasteiger partial charge in [0, 0.05) is 0 Å². The Kier molecular flexibility index (Phi) is 11.2. The van der Waals surface area contributed by atoms with Crippen LogP contribution in [-0.2, 0) is 19.2 Å². The highest BCUT2D eigenvalue weighted by molar-refractivity contribution is 5.93. The molecule has 0 bridgehead atoms. The Hall–Kier alpha value is -2.20. The first-order chi connectivity index (χ1) is 12.1. The van der Waals surface area contributed by atoms with E-state index in [0.29, 0.717) is 19.4 Å². The first-order valence-corrected chi connectivity index (χ1v) is 8.65. The van der Waals surface area contributed by atoms with Crippen LogP contribution in [-0.4, -0.2) is 53.5 Å². The molecule has 9 N–H and O–H groups in total. The summed E-state index contributed by atoms with van der Waals surface area (Å²) in [7, 11) is 0. The van der Waals surface area contributed by atoms with E-state index in [1.165, 1.54) is 0 Å². The van der Waals surface area contributed by atoms with Gasteiger partial charge >= 0.3 is 5.97 Å². The predicted octanol–water partition coefficient (Wildman–Crippen LogP) is -1.58. The highest BCUT2D eigenvalue weighted by Crippen LogP contribution is 2.07. The predicted molar refractivity (Wildman–Crippen MR) is 95.6 cm³/mol. The Morgan fingerprint density at radius 3 is 2.04 bits per heavy atom. The van der Waals surface area contributed by atoms with Crippen LogP contribution in [0.1, 0.15) is 46.0 Å². The molecule has 3 atom stereocenters. The molecular weight excluding hydrogens is 342 g/mol. The molecule has 26 heavy (non-hydrogen) atoms.